The summed E-state index contributed by atoms with van der Waals surface area (Å²) in [4.78, 5) is 16.0. The molecule has 0 radical (unpaired) electrons. The predicted molar refractivity (Wildman–Crippen MR) is 77.4 cm³/mol. The lowest BCUT2D eigenvalue weighted by molar-refractivity contribution is 0.102. The summed E-state index contributed by atoms with van der Waals surface area (Å²) in [5.74, 6) is -0.395. The van der Waals surface area contributed by atoms with E-state index in [9.17, 15) is 13.2 Å². The summed E-state index contributed by atoms with van der Waals surface area (Å²) in [6, 6.07) is 5.86. The topological polar surface area (TPSA) is 88.2 Å². The first-order valence-electron chi connectivity index (χ1n) is 5.83. The highest BCUT2D eigenvalue weighted by Gasteiger charge is 2.15. The molecule has 2 aromatic rings. The van der Waals surface area contributed by atoms with E-state index in [0.717, 1.165) is 0 Å². The number of anilines is 1. The molecule has 1 aromatic carbocycles. The first kappa shape index (κ1) is 14.6. The van der Waals surface area contributed by atoms with Crippen molar-refractivity contribution in [1.29, 1.82) is 0 Å². The van der Waals surface area contributed by atoms with Gasteiger partial charge in [0.2, 0.25) is 10.0 Å². The SMILES string of the molecule is CCNS(=O)(=O)c1cccc(C(=O)Nc2nccs2)c1. The van der Waals surface area contributed by atoms with Crippen molar-refractivity contribution in [3.8, 4) is 0 Å². The van der Waals surface area contributed by atoms with Gasteiger partial charge in [-0.3, -0.25) is 10.1 Å². The molecule has 0 aliphatic rings. The smallest absolute Gasteiger partial charge is 0.257 e. The lowest BCUT2D eigenvalue weighted by Gasteiger charge is -2.06. The van der Waals surface area contributed by atoms with Gasteiger partial charge in [0.25, 0.3) is 5.91 Å². The molecule has 106 valence electrons. The Morgan fingerprint density at radius 2 is 2.20 bits per heavy atom. The molecule has 0 spiro atoms. The van der Waals surface area contributed by atoms with Gasteiger partial charge in [-0.25, -0.2) is 18.1 Å². The van der Waals surface area contributed by atoms with Crippen LogP contribution < -0.4 is 10.0 Å². The van der Waals surface area contributed by atoms with Crippen LogP contribution in [0.1, 0.15) is 17.3 Å². The first-order valence-corrected chi connectivity index (χ1v) is 8.20. The van der Waals surface area contributed by atoms with Crippen LogP contribution in [0.4, 0.5) is 5.13 Å². The number of carbonyl (C=O) groups is 1. The molecule has 1 heterocycles. The molecule has 2 N–H and O–H groups in total. The summed E-state index contributed by atoms with van der Waals surface area (Å²) in [6.07, 6.45) is 1.58. The molecule has 0 aliphatic carbocycles. The third kappa shape index (κ3) is 3.41. The van der Waals surface area contributed by atoms with E-state index in [4.69, 9.17) is 0 Å². The van der Waals surface area contributed by atoms with Crippen molar-refractivity contribution in [3.63, 3.8) is 0 Å². The molecule has 6 nitrogen and oxygen atoms in total. The highest BCUT2D eigenvalue weighted by atomic mass is 32.2. The van der Waals surface area contributed by atoms with Crippen molar-refractivity contribution >= 4 is 32.4 Å². The predicted octanol–water partition coefficient (Wildman–Crippen LogP) is 1.69. The van der Waals surface area contributed by atoms with Crippen LogP contribution in [-0.2, 0) is 10.0 Å². The van der Waals surface area contributed by atoms with Crippen LogP contribution in [0.3, 0.4) is 0 Å². The fourth-order valence-corrected chi connectivity index (χ4v) is 3.14. The Morgan fingerprint density at radius 3 is 2.85 bits per heavy atom. The lowest BCUT2D eigenvalue weighted by atomic mass is 10.2. The maximum Gasteiger partial charge on any atom is 0.257 e. The van der Waals surface area contributed by atoms with E-state index in [1.165, 1.54) is 29.5 Å². The van der Waals surface area contributed by atoms with Crippen molar-refractivity contribution in [2.75, 3.05) is 11.9 Å². The van der Waals surface area contributed by atoms with E-state index >= 15 is 0 Å². The number of sulfonamides is 1. The summed E-state index contributed by atoms with van der Waals surface area (Å²) in [7, 11) is -3.57. The Hall–Kier alpha value is -1.77. The number of hydrogen-bond acceptors (Lipinski definition) is 5. The zero-order valence-electron chi connectivity index (χ0n) is 10.7. The Labute approximate surface area is 120 Å². The van der Waals surface area contributed by atoms with Gasteiger partial charge in [-0.1, -0.05) is 13.0 Å². The third-order valence-electron chi connectivity index (χ3n) is 2.39. The molecular formula is C12H13N3O3S2. The van der Waals surface area contributed by atoms with E-state index in [2.05, 4.69) is 15.0 Å². The fourth-order valence-electron chi connectivity index (χ4n) is 1.53. The van der Waals surface area contributed by atoms with E-state index in [1.807, 2.05) is 0 Å². The molecule has 0 bridgehead atoms. The maximum absolute atomic E-state index is 12.0. The van der Waals surface area contributed by atoms with Crippen molar-refractivity contribution < 1.29 is 13.2 Å². The minimum absolute atomic E-state index is 0.0612. The van der Waals surface area contributed by atoms with Gasteiger partial charge in [-0.15, -0.1) is 11.3 Å². The number of carbonyl (C=O) groups excluding carboxylic acids is 1. The van der Waals surface area contributed by atoms with E-state index in [-0.39, 0.29) is 17.0 Å². The number of amides is 1. The maximum atomic E-state index is 12.0. The molecule has 2 rings (SSSR count). The largest absolute Gasteiger partial charge is 0.298 e. The van der Waals surface area contributed by atoms with E-state index in [0.29, 0.717) is 5.13 Å². The van der Waals surface area contributed by atoms with E-state index < -0.39 is 15.9 Å². The standard InChI is InChI=1S/C12H13N3O3S2/c1-2-14-20(17,18)10-5-3-4-9(8-10)11(16)15-12-13-6-7-19-12/h3-8,14H,2H2,1H3,(H,13,15,16). The van der Waals surface area contributed by atoms with Crippen LogP contribution in [0.2, 0.25) is 0 Å². The van der Waals surface area contributed by atoms with Crippen LogP contribution in [0, 0.1) is 0 Å². The molecule has 0 fully saturated rings. The van der Waals surface area contributed by atoms with Gasteiger partial charge in [-0.05, 0) is 18.2 Å². The summed E-state index contributed by atoms with van der Waals surface area (Å²) in [5, 5.41) is 4.81. The molecule has 0 atom stereocenters. The number of hydrogen-bond donors (Lipinski definition) is 2. The van der Waals surface area contributed by atoms with Crippen LogP contribution in [-0.4, -0.2) is 25.9 Å². The highest BCUT2D eigenvalue weighted by Crippen LogP contribution is 2.15. The minimum Gasteiger partial charge on any atom is -0.298 e. The van der Waals surface area contributed by atoms with Gasteiger partial charge < -0.3 is 0 Å². The molecule has 1 aromatic heterocycles. The fraction of sp³-hybridized carbons (Fsp3) is 0.167. The monoisotopic (exact) mass is 311 g/mol. The second-order valence-corrected chi connectivity index (χ2v) is 6.48. The average Bonchev–Trinajstić information content (AvgIpc) is 2.92. The number of nitrogens with zero attached hydrogens (tertiary/aromatic N) is 1. The Morgan fingerprint density at radius 1 is 1.40 bits per heavy atom. The first-order chi connectivity index (χ1) is 9.53. The van der Waals surface area contributed by atoms with Crippen molar-refractivity contribution in [1.82, 2.24) is 9.71 Å². The quantitative estimate of drug-likeness (QED) is 0.879. The second-order valence-electron chi connectivity index (χ2n) is 3.82. The molecule has 0 aliphatic heterocycles. The van der Waals surface area contributed by atoms with Crippen molar-refractivity contribution in [3.05, 3.63) is 41.4 Å². The summed E-state index contributed by atoms with van der Waals surface area (Å²) >= 11 is 1.29. The van der Waals surface area contributed by atoms with Gasteiger partial charge in [0, 0.05) is 23.7 Å². The summed E-state index contributed by atoms with van der Waals surface area (Å²) < 4.78 is 26.1. The molecule has 1 amide bonds. The zero-order valence-corrected chi connectivity index (χ0v) is 12.3. The van der Waals surface area contributed by atoms with Gasteiger partial charge >= 0.3 is 0 Å². The Kier molecular flexibility index (Phi) is 4.48. The zero-order chi connectivity index (χ0) is 14.6. The number of thiazole rings is 1. The van der Waals surface area contributed by atoms with Crippen LogP contribution >= 0.6 is 11.3 Å². The van der Waals surface area contributed by atoms with Crippen molar-refractivity contribution in [2.45, 2.75) is 11.8 Å². The third-order valence-corrected chi connectivity index (χ3v) is 4.63. The van der Waals surface area contributed by atoms with Gasteiger partial charge in [-0.2, -0.15) is 0 Å². The van der Waals surface area contributed by atoms with Crippen molar-refractivity contribution in [2.24, 2.45) is 0 Å². The second kappa shape index (κ2) is 6.12. The Bertz CT molecular complexity index is 696. The normalized spacial score (nSPS) is 11.2. The summed E-state index contributed by atoms with van der Waals surface area (Å²) in [6.45, 7) is 1.98. The molecule has 20 heavy (non-hydrogen) atoms. The van der Waals surface area contributed by atoms with E-state index in [1.54, 1.807) is 24.6 Å². The lowest BCUT2D eigenvalue weighted by Crippen LogP contribution is -2.23. The molecule has 0 saturated heterocycles. The molecule has 8 heteroatoms. The van der Waals surface area contributed by atoms with Gasteiger partial charge in [0.1, 0.15) is 0 Å². The average molecular weight is 311 g/mol. The molecule has 0 unspecified atom stereocenters. The number of rotatable bonds is 5. The highest BCUT2D eigenvalue weighted by molar-refractivity contribution is 7.89. The van der Waals surface area contributed by atoms with Crippen LogP contribution in [0.15, 0.2) is 40.7 Å². The van der Waals surface area contributed by atoms with Gasteiger partial charge in [0.15, 0.2) is 5.13 Å². The van der Waals surface area contributed by atoms with Crippen LogP contribution in [0.5, 0.6) is 0 Å². The molecule has 0 saturated carbocycles. The minimum atomic E-state index is -3.57. The number of benzene rings is 1. The number of aromatic nitrogens is 1. The van der Waals surface area contributed by atoms with Crippen LogP contribution in [0.25, 0.3) is 0 Å². The molecular weight excluding hydrogens is 298 g/mol. The summed E-state index contributed by atoms with van der Waals surface area (Å²) in [5.41, 5.74) is 0.263. The number of nitrogens with one attached hydrogen (secondary N) is 2. The van der Waals surface area contributed by atoms with Gasteiger partial charge in [0.05, 0.1) is 4.90 Å². The Balaban J connectivity index is 2.24.